The molecule has 1 aromatic rings. The Balaban J connectivity index is 1.94. The standard InChI is InChI=1S/C15H22N2O4S/c1-2-4-15(18)17-12-6-8-14(9-7-12)22(19,20)16-11-13-5-3-10-21-13/h6-9,13,16H,2-5,10-11H2,1H3,(H,17,18). The molecule has 0 bridgehead atoms. The Morgan fingerprint density at radius 3 is 2.64 bits per heavy atom. The van der Waals surface area contributed by atoms with Crippen molar-refractivity contribution in [1.82, 2.24) is 4.72 Å². The van der Waals surface area contributed by atoms with E-state index in [2.05, 4.69) is 10.0 Å². The van der Waals surface area contributed by atoms with E-state index in [-0.39, 0.29) is 23.5 Å². The average Bonchev–Trinajstić information content (AvgIpc) is 2.99. The molecule has 1 amide bonds. The number of sulfonamides is 1. The third-order valence-corrected chi connectivity index (χ3v) is 4.89. The Morgan fingerprint density at radius 1 is 1.32 bits per heavy atom. The number of hydrogen-bond donors (Lipinski definition) is 2. The Morgan fingerprint density at radius 2 is 2.05 bits per heavy atom. The topological polar surface area (TPSA) is 84.5 Å². The molecule has 6 nitrogen and oxygen atoms in total. The first kappa shape index (κ1) is 16.9. The van der Waals surface area contributed by atoms with Gasteiger partial charge in [-0.3, -0.25) is 4.79 Å². The lowest BCUT2D eigenvalue weighted by Gasteiger charge is -2.12. The summed E-state index contributed by atoms with van der Waals surface area (Å²) in [6.45, 7) is 2.91. The van der Waals surface area contributed by atoms with Gasteiger partial charge < -0.3 is 10.1 Å². The van der Waals surface area contributed by atoms with Crippen LogP contribution in [0, 0.1) is 0 Å². The van der Waals surface area contributed by atoms with Crippen LogP contribution in [-0.2, 0) is 19.6 Å². The number of carbonyl (C=O) groups is 1. The molecule has 1 aromatic carbocycles. The summed E-state index contributed by atoms with van der Waals surface area (Å²) in [6, 6.07) is 6.15. The predicted octanol–water partition coefficient (Wildman–Crippen LogP) is 1.88. The van der Waals surface area contributed by atoms with Crippen molar-refractivity contribution < 1.29 is 17.9 Å². The van der Waals surface area contributed by atoms with Gasteiger partial charge in [-0.25, -0.2) is 13.1 Å². The number of benzene rings is 1. The highest BCUT2D eigenvalue weighted by molar-refractivity contribution is 7.89. The Bertz CT molecular complexity index is 592. The quantitative estimate of drug-likeness (QED) is 0.801. The minimum atomic E-state index is -3.55. The van der Waals surface area contributed by atoms with Crippen LogP contribution < -0.4 is 10.0 Å². The zero-order valence-electron chi connectivity index (χ0n) is 12.7. The summed E-state index contributed by atoms with van der Waals surface area (Å²) in [5, 5.41) is 2.72. The highest BCUT2D eigenvalue weighted by Crippen LogP contribution is 2.16. The molecule has 22 heavy (non-hydrogen) atoms. The summed E-state index contributed by atoms with van der Waals surface area (Å²) in [6.07, 6.45) is 3.03. The molecule has 1 heterocycles. The van der Waals surface area contributed by atoms with Gasteiger partial charge in [0.1, 0.15) is 0 Å². The minimum Gasteiger partial charge on any atom is -0.377 e. The lowest BCUT2D eigenvalue weighted by atomic mass is 10.2. The predicted molar refractivity (Wildman–Crippen MR) is 84.1 cm³/mol. The summed E-state index contributed by atoms with van der Waals surface area (Å²) < 4.78 is 32.3. The van der Waals surface area contributed by atoms with E-state index in [1.165, 1.54) is 12.1 Å². The van der Waals surface area contributed by atoms with E-state index in [0.717, 1.165) is 19.3 Å². The van der Waals surface area contributed by atoms with E-state index in [0.29, 0.717) is 18.7 Å². The van der Waals surface area contributed by atoms with Gasteiger partial charge in [-0.1, -0.05) is 6.92 Å². The van der Waals surface area contributed by atoms with Crippen LogP contribution in [0.4, 0.5) is 5.69 Å². The van der Waals surface area contributed by atoms with E-state index in [1.54, 1.807) is 12.1 Å². The number of amides is 1. The maximum absolute atomic E-state index is 12.2. The van der Waals surface area contributed by atoms with Gasteiger partial charge in [-0.2, -0.15) is 0 Å². The van der Waals surface area contributed by atoms with Gasteiger partial charge in [-0.15, -0.1) is 0 Å². The molecule has 7 heteroatoms. The molecule has 0 spiro atoms. The van der Waals surface area contributed by atoms with Crippen LogP contribution in [0.5, 0.6) is 0 Å². The van der Waals surface area contributed by atoms with Gasteiger partial charge in [0.25, 0.3) is 0 Å². The summed E-state index contributed by atoms with van der Waals surface area (Å²) in [7, 11) is -3.55. The molecule has 0 aliphatic carbocycles. The molecule has 1 saturated heterocycles. The number of nitrogens with one attached hydrogen (secondary N) is 2. The summed E-state index contributed by atoms with van der Waals surface area (Å²) >= 11 is 0. The Kier molecular flexibility index (Phi) is 5.93. The Hall–Kier alpha value is -1.44. The van der Waals surface area contributed by atoms with E-state index in [9.17, 15) is 13.2 Å². The average molecular weight is 326 g/mol. The molecule has 1 aliphatic rings. The maximum Gasteiger partial charge on any atom is 0.240 e. The molecule has 0 radical (unpaired) electrons. The fourth-order valence-corrected chi connectivity index (χ4v) is 3.33. The van der Waals surface area contributed by atoms with Gasteiger partial charge >= 0.3 is 0 Å². The molecule has 1 atom stereocenters. The molecule has 1 fully saturated rings. The Labute approximate surface area is 131 Å². The maximum atomic E-state index is 12.2. The first-order valence-corrected chi connectivity index (χ1v) is 9.01. The number of carbonyl (C=O) groups excluding carboxylic acids is 1. The minimum absolute atomic E-state index is 0.0395. The van der Waals surface area contributed by atoms with Crippen molar-refractivity contribution in [2.75, 3.05) is 18.5 Å². The van der Waals surface area contributed by atoms with Gasteiger partial charge in [0.05, 0.1) is 11.0 Å². The number of hydrogen-bond acceptors (Lipinski definition) is 4. The fraction of sp³-hybridized carbons (Fsp3) is 0.533. The first-order chi connectivity index (χ1) is 10.5. The zero-order chi connectivity index (χ0) is 16.0. The van der Waals surface area contributed by atoms with Crippen molar-refractivity contribution in [2.24, 2.45) is 0 Å². The zero-order valence-corrected chi connectivity index (χ0v) is 13.5. The highest BCUT2D eigenvalue weighted by atomic mass is 32.2. The smallest absolute Gasteiger partial charge is 0.240 e. The van der Waals surface area contributed by atoms with Crippen LogP contribution in [-0.4, -0.2) is 33.6 Å². The van der Waals surface area contributed by atoms with Gasteiger partial charge in [0.2, 0.25) is 15.9 Å². The van der Waals surface area contributed by atoms with Crippen molar-refractivity contribution in [3.8, 4) is 0 Å². The molecule has 2 rings (SSSR count). The van der Waals surface area contributed by atoms with E-state index in [4.69, 9.17) is 4.74 Å². The second-order valence-corrected chi connectivity index (χ2v) is 7.08. The molecule has 0 aromatic heterocycles. The number of rotatable bonds is 7. The van der Waals surface area contributed by atoms with E-state index < -0.39 is 10.0 Å². The van der Waals surface area contributed by atoms with Crippen molar-refractivity contribution in [3.63, 3.8) is 0 Å². The lowest BCUT2D eigenvalue weighted by molar-refractivity contribution is -0.116. The molecule has 122 valence electrons. The highest BCUT2D eigenvalue weighted by Gasteiger charge is 2.20. The van der Waals surface area contributed by atoms with Crippen LogP contribution in [0.25, 0.3) is 0 Å². The summed E-state index contributed by atoms with van der Waals surface area (Å²) in [4.78, 5) is 11.7. The van der Waals surface area contributed by atoms with Gasteiger partial charge in [0.15, 0.2) is 0 Å². The van der Waals surface area contributed by atoms with Gasteiger partial charge in [-0.05, 0) is 43.5 Å². The number of ether oxygens (including phenoxy) is 1. The SMILES string of the molecule is CCCC(=O)Nc1ccc(S(=O)(=O)NCC2CCCO2)cc1. The number of anilines is 1. The van der Waals surface area contributed by atoms with Crippen molar-refractivity contribution in [1.29, 1.82) is 0 Å². The lowest BCUT2D eigenvalue weighted by Crippen LogP contribution is -2.31. The largest absolute Gasteiger partial charge is 0.377 e. The third-order valence-electron chi connectivity index (χ3n) is 3.45. The molecular formula is C15H22N2O4S. The third kappa shape index (κ3) is 4.79. The van der Waals surface area contributed by atoms with Crippen molar-refractivity contribution in [2.45, 2.75) is 43.6 Å². The molecule has 0 saturated carbocycles. The fourth-order valence-electron chi connectivity index (χ4n) is 2.26. The molecular weight excluding hydrogens is 304 g/mol. The van der Waals surface area contributed by atoms with Crippen LogP contribution in [0.2, 0.25) is 0 Å². The van der Waals surface area contributed by atoms with Gasteiger partial charge in [0, 0.05) is 25.3 Å². The van der Waals surface area contributed by atoms with Crippen LogP contribution >= 0.6 is 0 Å². The molecule has 1 aliphatic heterocycles. The van der Waals surface area contributed by atoms with Crippen LogP contribution in [0.1, 0.15) is 32.6 Å². The molecule has 1 unspecified atom stereocenters. The monoisotopic (exact) mass is 326 g/mol. The van der Waals surface area contributed by atoms with Crippen molar-refractivity contribution in [3.05, 3.63) is 24.3 Å². The summed E-state index contributed by atoms with van der Waals surface area (Å²) in [5.74, 6) is -0.0744. The normalized spacial score (nSPS) is 18.3. The first-order valence-electron chi connectivity index (χ1n) is 7.52. The molecule has 2 N–H and O–H groups in total. The van der Waals surface area contributed by atoms with Crippen LogP contribution in [0.3, 0.4) is 0 Å². The van der Waals surface area contributed by atoms with E-state index >= 15 is 0 Å². The van der Waals surface area contributed by atoms with Crippen molar-refractivity contribution >= 4 is 21.6 Å². The van der Waals surface area contributed by atoms with Crippen LogP contribution in [0.15, 0.2) is 29.2 Å². The second kappa shape index (κ2) is 7.71. The second-order valence-electron chi connectivity index (χ2n) is 5.31. The summed E-state index contributed by atoms with van der Waals surface area (Å²) in [5.41, 5.74) is 0.594. The van der Waals surface area contributed by atoms with E-state index in [1.807, 2.05) is 6.92 Å².